The minimum absolute atomic E-state index is 0.243. The second kappa shape index (κ2) is 8.85. The van der Waals surface area contributed by atoms with E-state index in [2.05, 4.69) is 45.2 Å². The van der Waals surface area contributed by atoms with Crippen molar-refractivity contribution in [1.82, 2.24) is 19.6 Å². The Morgan fingerprint density at radius 1 is 0.868 bits per heavy atom. The summed E-state index contributed by atoms with van der Waals surface area (Å²) in [5.41, 5.74) is 4.47. The van der Waals surface area contributed by atoms with Gasteiger partial charge in [-0.15, -0.1) is 5.10 Å². The van der Waals surface area contributed by atoms with Gasteiger partial charge in [-0.05, 0) is 46.7 Å². The normalized spacial score (nSPS) is 14.1. The largest absolute Gasteiger partial charge is 0.493 e. The van der Waals surface area contributed by atoms with E-state index in [4.69, 9.17) is 24.3 Å². The molecule has 7 rings (SSSR count). The van der Waals surface area contributed by atoms with Crippen molar-refractivity contribution in [3.05, 3.63) is 106 Å². The number of fused-ring (bicyclic) bond motifs is 6. The summed E-state index contributed by atoms with van der Waals surface area (Å²) in [6.45, 7) is 0. The molecule has 0 N–H and O–H groups in total. The van der Waals surface area contributed by atoms with Gasteiger partial charge in [0.1, 0.15) is 12.1 Å². The summed E-state index contributed by atoms with van der Waals surface area (Å²) in [6.07, 6.45) is 1.65. The number of methoxy groups -OCH3 is 2. The minimum Gasteiger partial charge on any atom is -0.493 e. The van der Waals surface area contributed by atoms with Crippen LogP contribution in [0.2, 0.25) is 0 Å². The van der Waals surface area contributed by atoms with Crippen LogP contribution < -0.4 is 14.2 Å². The highest BCUT2D eigenvalue weighted by Gasteiger charge is 2.35. The van der Waals surface area contributed by atoms with Crippen LogP contribution in [0.25, 0.3) is 27.8 Å². The monoisotopic (exact) mass is 564 g/mol. The highest BCUT2D eigenvalue weighted by Crippen LogP contribution is 2.51. The van der Waals surface area contributed by atoms with Crippen molar-refractivity contribution in [2.45, 2.75) is 5.92 Å². The van der Waals surface area contributed by atoms with E-state index < -0.39 is 0 Å². The van der Waals surface area contributed by atoms with E-state index in [1.807, 2.05) is 54.6 Å². The third-order valence-electron chi connectivity index (χ3n) is 6.96. The average Bonchev–Trinajstić information content (AvgIpc) is 3.40. The number of nitrogens with zero attached hydrogens (tertiary/aromatic N) is 4. The summed E-state index contributed by atoms with van der Waals surface area (Å²) in [7, 11) is 3.28. The van der Waals surface area contributed by atoms with Gasteiger partial charge in [0.15, 0.2) is 23.0 Å². The Kier molecular flexibility index (Phi) is 5.30. The molecule has 0 radical (unpaired) electrons. The van der Waals surface area contributed by atoms with Crippen LogP contribution in [0.1, 0.15) is 22.6 Å². The zero-order chi connectivity index (χ0) is 25.8. The first-order valence-corrected chi connectivity index (χ1v) is 12.9. The standard InChI is InChI=1S/C30H21BrN4O3/c1-36-22-13-12-18(15-24(22)37-2)25-26-19-8-4-3-7-17(19)11-14-23(26)38-30-27(25)29-33-28(34-35(29)16-32-30)20-9-5-6-10-21(20)31/h3-16,25H,1-2H3/t25-/m0/s1. The quantitative estimate of drug-likeness (QED) is 0.229. The average molecular weight is 565 g/mol. The van der Waals surface area contributed by atoms with Crippen molar-refractivity contribution >= 4 is 32.3 Å². The molecule has 1 atom stereocenters. The number of rotatable bonds is 4. The van der Waals surface area contributed by atoms with Gasteiger partial charge in [-0.25, -0.2) is 14.5 Å². The van der Waals surface area contributed by atoms with Crippen LogP contribution in [0.3, 0.4) is 0 Å². The molecule has 3 heterocycles. The summed E-state index contributed by atoms with van der Waals surface area (Å²) in [5.74, 6) is 2.94. The van der Waals surface area contributed by atoms with E-state index in [9.17, 15) is 0 Å². The van der Waals surface area contributed by atoms with Gasteiger partial charge in [0, 0.05) is 21.5 Å². The fourth-order valence-electron chi connectivity index (χ4n) is 5.23. The van der Waals surface area contributed by atoms with Gasteiger partial charge < -0.3 is 14.2 Å². The molecule has 8 heteroatoms. The molecule has 0 unspecified atom stereocenters. The van der Waals surface area contributed by atoms with Gasteiger partial charge in [0.2, 0.25) is 5.88 Å². The first-order chi connectivity index (χ1) is 18.7. The molecular formula is C30H21BrN4O3. The maximum absolute atomic E-state index is 6.43. The van der Waals surface area contributed by atoms with Gasteiger partial charge in [-0.1, -0.05) is 64.5 Å². The second-order valence-corrected chi connectivity index (χ2v) is 9.85. The molecule has 186 valence electrons. The summed E-state index contributed by atoms with van der Waals surface area (Å²) >= 11 is 3.64. The summed E-state index contributed by atoms with van der Waals surface area (Å²) in [6, 6.07) is 26.3. The SMILES string of the molecule is COc1ccc([C@H]2c3c(ccc4ccccc34)Oc3ncn4nc(-c5ccccc5Br)nc4c32)cc1OC. The lowest BCUT2D eigenvalue weighted by Crippen LogP contribution is -2.15. The van der Waals surface area contributed by atoms with E-state index in [0.717, 1.165) is 43.2 Å². The lowest BCUT2D eigenvalue weighted by atomic mass is 9.81. The number of benzene rings is 4. The molecule has 0 aliphatic carbocycles. The van der Waals surface area contributed by atoms with Crippen molar-refractivity contribution < 1.29 is 14.2 Å². The predicted octanol–water partition coefficient (Wildman–Crippen LogP) is 7.01. The molecule has 4 aromatic carbocycles. The third kappa shape index (κ3) is 3.44. The molecule has 0 bridgehead atoms. The van der Waals surface area contributed by atoms with Gasteiger partial charge >= 0.3 is 0 Å². The maximum atomic E-state index is 6.43. The zero-order valence-corrected chi connectivity index (χ0v) is 22.1. The Balaban J connectivity index is 1.54. The Morgan fingerprint density at radius 2 is 1.68 bits per heavy atom. The number of aromatic nitrogens is 4. The molecule has 38 heavy (non-hydrogen) atoms. The first-order valence-electron chi connectivity index (χ1n) is 12.1. The molecule has 1 aliphatic heterocycles. The number of ether oxygens (including phenoxy) is 3. The van der Waals surface area contributed by atoms with Gasteiger partial charge in [-0.3, -0.25) is 0 Å². The molecule has 2 aromatic heterocycles. The Labute approximate surface area is 226 Å². The fraction of sp³-hybridized carbons (Fsp3) is 0.100. The van der Waals surface area contributed by atoms with Crippen LogP contribution in [-0.2, 0) is 0 Å². The number of hydrogen-bond acceptors (Lipinski definition) is 6. The lowest BCUT2D eigenvalue weighted by molar-refractivity contribution is 0.354. The number of hydrogen-bond donors (Lipinski definition) is 0. The third-order valence-corrected chi connectivity index (χ3v) is 7.65. The molecule has 0 saturated carbocycles. The van der Waals surface area contributed by atoms with Gasteiger partial charge in [-0.2, -0.15) is 0 Å². The van der Waals surface area contributed by atoms with Crippen LogP contribution in [0, 0.1) is 0 Å². The van der Waals surface area contributed by atoms with E-state index in [-0.39, 0.29) is 5.92 Å². The van der Waals surface area contributed by atoms with Crippen LogP contribution in [-0.4, -0.2) is 33.8 Å². The summed E-state index contributed by atoms with van der Waals surface area (Å²) < 4.78 is 20.3. The zero-order valence-electron chi connectivity index (χ0n) is 20.6. The minimum atomic E-state index is -0.243. The van der Waals surface area contributed by atoms with E-state index in [0.29, 0.717) is 28.9 Å². The molecule has 1 aliphatic rings. The van der Waals surface area contributed by atoms with Crippen molar-refractivity contribution in [2.24, 2.45) is 0 Å². The first kappa shape index (κ1) is 22.7. The molecule has 0 spiro atoms. The second-order valence-electron chi connectivity index (χ2n) is 8.99. The van der Waals surface area contributed by atoms with Crippen LogP contribution in [0.5, 0.6) is 23.1 Å². The lowest BCUT2D eigenvalue weighted by Gasteiger charge is -2.29. The van der Waals surface area contributed by atoms with Crippen molar-refractivity contribution in [2.75, 3.05) is 14.2 Å². The van der Waals surface area contributed by atoms with Crippen LogP contribution in [0.4, 0.5) is 0 Å². The van der Waals surface area contributed by atoms with E-state index in [1.54, 1.807) is 25.1 Å². The molecule has 0 amide bonds. The van der Waals surface area contributed by atoms with E-state index in [1.165, 1.54) is 0 Å². The molecule has 0 fully saturated rings. The molecular weight excluding hydrogens is 544 g/mol. The Bertz CT molecular complexity index is 1870. The van der Waals surface area contributed by atoms with Crippen LogP contribution in [0.15, 0.2) is 89.7 Å². The van der Waals surface area contributed by atoms with Gasteiger partial charge in [0.25, 0.3) is 0 Å². The number of halogens is 1. The van der Waals surface area contributed by atoms with Crippen molar-refractivity contribution in [1.29, 1.82) is 0 Å². The van der Waals surface area contributed by atoms with Crippen LogP contribution >= 0.6 is 15.9 Å². The smallest absolute Gasteiger partial charge is 0.228 e. The molecule has 7 nitrogen and oxygen atoms in total. The summed E-state index contributed by atoms with van der Waals surface area (Å²) in [4.78, 5) is 9.69. The Morgan fingerprint density at radius 3 is 2.53 bits per heavy atom. The summed E-state index contributed by atoms with van der Waals surface area (Å²) in [5, 5.41) is 7.00. The predicted molar refractivity (Wildman–Crippen MR) is 148 cm³/mol. The highest BCUT2D eigenvalue weighted by atomic mass is 79.9. The van der Waals surface area contributed by atoms with E-state index >= 15 is 0 Å². The topological polar surface area (TPSA) is 70.8 Å². The highest BCUT2D eigenvalue weighted by molar-refractivity contribution is 9.10. The van der Waals surface area contributed by atoms with Gasteiger partial charge in [0.05, 0.1) is 19.8 Å². The van der Waals surface area contributed by atoms with Crippen molar-refractivity contribution in [3.63, 3.8) is 0 Å². The fourth-order valence-corrected chi connectivity index (χ4v) is 5.69. The Hall–Kier alpha value is -4.43. The van der Waals surface area contributed by atoms with Crippen molar-refractivity contribution in [3.8, 4) is 34.5 Å². The molecule has 0 saturated heterocycles. The molecule has 6 aromatic rings. The maximum Gasteiger partial charge on any atom is 0.228 e.